The molecule has 0 saturated carbocycles. The van der Waals surface area contributed by atoms with E-state index in [1.807, 2.05) is 13.7 Å². The first-order valence-corrected chi connectivity index (χ1v) is 6.92. The molecule has 2 nitrogen and oxygen atoms in total. The van der Waals surface area contributed by atoms with Crippen molar-refractivity contribution in [2.45, 2.75) is 0 Å². The summed E-state index contributed by atoms with van der Waals surface area (Å²) >= 11 is -0.514. The van der Waals surface area contributed by atoms with E-state index in [4.69, 9.17) is 4.19 Å². The molecule has 1 unspecified atom stereocenters. The van der Waals surface area contributed by atoms with Crippen molar-refractivity contribution in [1.82, 2.24) is 0 Å². The van der Waals surface area contributed by atoms with E-state index in [0.29, 0.717) is 0 Å². The maximum atomic E-state index is 9.17. The number of hydrogen-bond acceptors (Lipinski definition) is 1. The van der Waals surface area contributed by atoms with Crippen LogP contribution in [0.25, 0.3) is 0 Å². The molecule has 26 valence electrons. The van der Waals surface area contributed by atoms with Crippen molar-refractivity contribution in [3.63, 3.8) is 0 Å². The van der Waals surface area contributed by atoms with Crippen molar-refractivity contribution in [2.75, 3.05) is 0 Å². The minimum atomic E-state index is -2.56. The van der Waals surface area contributed by atoms with Crippen molar-refractivity contribution in [3.8, 4) is 0 Å². The second kappa shape index (κ2) is 2.06. The zero-order valence-electron chi connectivity index (χ0n) is 1.71. The molecular weight excluding hydrogens is 190 g/mol. The summed E-state index contributed by atoms with van der Waals surface area (Å²) < 4.78 is 16.8. The van der Waals surface area contributed by atoms with Gasteiger partial charge < -0.3 is 0 Å². The molecule has 0 saturated heterocycles. The van der Waals surface area contributed by atoms with E-state index in [-0.39, 0.29) is 0 Å². The van der Waals surface area contributed by atoms with E-state index in [0.717, 1.165) is 0 Å². The first-order chi connectivity index (χ1) is 1.73. The van der Waals surface area contributed by atoms with Gasteiger partial charge in [-0.3, -0.25) is 0 Å². The standard InChI is InChI=1S/H2O2Se2/c1-4(2)3/h4H,(H,1,2,3). The third-order valence-corrected chi connectivity index (χ3v) is 0. The van der Waals surface area contributed by atoms with Gasteiger partial charge in [0.25, 0.3) is 0 Å². The third-order valence-electron chi connectivity index (χ3n) is 0. The fourth-order valence-electron chi connectivity index (χ4n) is 0. The summed E-state index contributed by atoms with van der Waals surface area (Å²) in [6.07, 6.45) is 0. The molecule has 0 aliphatic heterocycles. The molecule has 0 amide bonds. The Kier molecular flexibility index (Phi) is 2.47. The average molecular weight is 192 g/mol. The quantitative estimate of drug-likeness (QED) is 0.464. The van der Waals surface area contributed by atoms with Crippen molar-refractivity contribution in [1.29, 1.82) is 0 Å². The Morgan fingerprint density at radius 1 is 2.00 bits per heavy atom. The monoisotopic (exact) mass is 194 g/mol. The van der Waals surface area contributed by atoms with Crippen LogP contribution in [0.5, 0.6) is 0 Å². The summed E-state index contributed by atoms with van der Waals surface area (Å²) in [7, 11) is 0. The zero-order chi connectivity index (χ0) is 3.58. The van der Waals surface area contributed by atoms with Gasteiger partial charge in [0.05, 0.1) is 0 Å². The van der Waals surface area contributed by atoms with Gasteiger partial charge in [0.15, 0.2) is 0 Å². The van der Waals surface area contributed by atoms with Crippen LogP contribution in [0.4, 0.5) is 0 Å². The van der Waals surface area contributed by atoms with Crippen molar-refractivity contribution in [2.24, 2.45) is 0 Å². The van der Waals surface area contributed by atoms with E-state index >= 15 is 0 Å². The van der Waals surface area contributed by atoms with Crippen LogP contribution in [-0.2, 0) is 3.83 Å². The van der Waals surface area contributed by atoms with E-state index in [9.17, 15) is 3.83 Å². The Balaban J connectivity index is 3.51. The Labute approximate surface area is 33.9 Å². The molecule has 4 heavy (non-hydrogen) atoms. The molecular formula is H2O2Se2. The molecule has 0 radical (unpaired) electrons. The molecule has 0 aliphatic carbocycles. The molecule has 1 N–H and O–H groups in total. The van der Waals surface area contributed by atoms with Crippen LogP contribution in [-0.4, -0.2) is 29.6 Å². The van der Waals surface area contributed by atoms with Crippen LogP contribution in [0.2, 0.25) is 0 Å². The molecule has 0 bridgehead atoms. The normalized spacial score (nSPS) is 15.2. The van der Waals surface area contributed by atoms with Gasteiger partial charge in [-0.15, -0.1) is 0 Å². The molecule has 4 heteroatoms. The average Bonchev–Trinajstić information content (AvgIpc) is 0.811. The van der Waals surface area contributed by atoms with Crippen molar-refractivity contribution >= 4 is 25.5 Å². The molecule has 0 aromatic carbocycles. The molecule has 0 rings (SSSR count). The van der Waals surface area contributed by atoms with Crippen LogP contribution in [0.3, 0.4) is 0 Å². The predicted molar refractivity (Wildman–Crippen MR) is 15.8 cm³/mol. The van der Waals surface area contributed by atoms with E-state index in [1.54, 1.807) is 0 Å². The van der Waals surface area contributed by atoms with Crippen LogP contribution in [0.1, 0.15) is 0 Å². The number of hydrogen-bond donors (Lipinski definition) is 1. The van der Waals surface area contributed by atoms with Crippen LogP contribution in [0.15, 0.2) is 0 Å². The minimum absolute atomic E-state index is 2.05. The summed E-state index contributed by atoms with van der Waals surface area (Å²) in [5.74, 6) is 0. The molecule has 0 aromatic rings. The fraction of sp³-hybridized carbons (Fsp3) is 0. The van der Waals surface area contributed by atoms with Gasteiger partial charge in [-0.05, 0) is 0 Å². The van der Waals surface area contributed by atoms with Crippen molar-refractivity contribution in [3.05, 3.63) is 0 Å². The maximum absolute atomic E-state index is 9.17. The first kappa shape index (κ1) is 4.80. The molecule has 0 heterocycles. The zero-order valence-corrected chi connectivity index (χ0v) is 5.30. The van der Waals surface area contributed by atoms with Crippen LogP contribution < -0.4 is 0 Å². The predicted octanol–water partition coefficient (Wildman–Crippen LogP) is -1.71. The SMILES string of the molecule is O=[SeH](O)=[Se]. The summed E-state index contributed by atoms with van der Waals surface area (Å²) in [6.45, 7) is 0. The molecule has 1 atom stereocenters. The Morgan fingerprint density at radius 2 is 2.00 bits per heavy atom. The summed E-state index contributed by atoms with van der Waals surface area (Å²) in [5, 5.41) is 0. The Hall–Kier alpha value is 0.799. The van der Waals surface area contributed by atoms with Gasteiger partial charge in [-0.2, -0.15) is 0 Å². The van der Waals surface area contributed by atoms with E-state index in [2.05, 4.69) is 0 Å². The molecule has 0 aliphatic rings. The third kappa shape index (κ3) is 14.2. The van der Waals surface area contributed by atoms with Crippen LogP contribution in [0, 0.1) is 0 Å². The van der Waals surface area contributed by atoms with Crippen molar-refractivity contribution < 1.29 is 8.02 Å². The van der Waals surface area contributed by atoms with Gasteiger partial charge in [0.1, 0.15) is 0 Å². The van der Waals surface area contributed by atoms with Gasteiger partial charge in [0.2, 0.25) is 0 Å². The molecule has 0 spiro atoms. The molecule has 0 fully saturated rings. The Bertz CT molecular complexity index is 52.4. The fourth-order valence-corrected chi connectivity index (χ4v) is 0. The molecule has 0 aromatic heterocycles. The van der Waals surface area contributed by atoms with Gasteiger partial charge in [-0.1, -0.05) is 0 Å². The number of rotatable bonds is 0. The Morgan fingerprint density at radius 3 is 2.00 bits per heavy atom. The second-order valence-electron chi connectivity index (χ2n) is 0.238. The topological polar surface area (TPSA) is 37.3 Å². The van der Waals surface area contributed by atoms with E-state index < -0.39 is 11.8 Å². The summed E-state index contributed by atoms with van der Waals surface area (Å²) in [4.78, 5) is 0. The first-order valence-electron chi connectivity index (χ1n) is 0.565. The van der Waals surface area contributed by atoms with Gasteiger partial charge >= 0.3 is 33.5 Å². The van der Waals surface area contributed by atoms with Gasteiger partial charge in [0, 0.05) is 0 Å². The van der Waals surface area contributed by atoms with Crippen LogP contribution >= 0.6 is 0 Å². The van der Waals surface area contributed by atoms with Gasteiger partial charge in [-0.25, -0.2) is 0 Å². The van der Waals surface area contributed by atoms with E-state index in [1.165, 1.54) is 0 Å². The summed E-state index contributed by atoms with van der Waals surface area (Å²) in [6, 6.07) is 0. The summed E-state index contributed by atoms with van der Waals surface area (Å²) in [5.41, 5.74) is 0. The second-order valence-corrected chi connectivity index (χ2v) is 4.64.